The summed E-state index contributed by atoms with van der Waals surface area (Å²) in [5, 5.41) is 5.62. The molecule has 2 N–H and O–H groups in total. The van der Waals surface area contributed by atoms with Crippen molar-refractivity contribution in [2.24, 2.45) is 0 Å². The molecule has 4 nitrogen and oxygen atoms in total. The number of halogens is 1. The molecule has 1 aromatic rings. The van der Waals surface area contributed by atoms with Gasteiger partial charge in [0.1, 0.15) is 5.82 Å². The highest BCUT2D eigenvalue weighted by Gasteiger charge is 2.44. The summed E-state index contributed by atoms with van der Waals surface area (Å²) in [7, 11) is 0. The van der Waals surface area contributed by atoms with E-state index >= 15 is 0 Å². The van der Waals surface area contributed by atoms with Crippen molar-refractivity contribution in [2.45, 2.75) is 62.8 Å². The lowest BCUT2D eigenvalue weighted by atomic mass is 9.96. The van der Waals surface area contributed by atoms with Gasteiger partial charge in [-0.2, -0.15) is 0 Å². The van der Waals surface area contributed by atoms with Gasteiger partial charge in [0.15, 0.2) is 0 Å². The molecular weight excluding hydrogens is 307 g/mol. The van der Waals surface area contributed by atoms with Gasteiger partial charge in [0.2, 0.25) is 0 Å². The average Bonchev–Trinajstić information content (AvgIpc) is 3.39. The number of nitrogens with one attached hydrogen (secondary N) is 2. The van der Waals surface area contributed by atoms with Gasteiger partial charge < -0.3 is 10.6 Å². The number of hydrogen-bond acceptors (Lipinski definition) is 2. The first-order chi connectivity index (χ1) is 11.6. The smallest absolute Gasteiger partial charge is 0.309 e. The van der Waals surface area contributed by atoms with E-state index < -0.39 is 11.8 Å². The van der Waals surface area contributed by atoms with Crippen LogP contribution in [0.3, 0.4) is 0 Å². The van der Waals surface area contributed by atoms with Crippen LogP contribution in [0.5, 0.6) is 0 Å². The first-order valence-electron chi connectivity index (χ1n) is 8.94. The molecule has 0 aliphatic heterocycles. The summed E-state index contributed by atoms with van der Waals surface area (Å²) in [6.45, 7) is 0.426. The number of carbonyl (C=O) groups is 2. The number of hydrogen-bond donors (Lipinski definition) is 2. The Hall–Kier alpha value is -1.91. The number of carbonyl (C=O) groups excluding carboxylic acids is 2. The van der Waals surface area contributed by atoms with Gasteiger partial charge in [-0.15, -0.1) is 0 Å². The van der Waals surface area contributed by atoms with Crippen LogP contribution >= 0.6 is 0 Å². The standard InChI is InChI=1S/C19H25FN2O2/c20-15-9-7-14(8-10-15)19(11-12-19)13-21-17(23)18(24)22-16-5-3-1-2-4-6-16/h7-10,16H,1-6,11-13H2,(H,21,23)(H,22,24). The van der Waals surface area contributed by atoms with E-state index in [4.69, 9.17) is 0 Å². The molecule has 2 aliphatic carbocycles. The molecule has 0 aromatic heterocycles. The van der Waals surface area contributed by atoms with Gasteiger partial charge >= 0.3 is 11.8 Å². The molecule has 0 heterocycles. The maximum absolute atomic E-state index is 13.0. The van der Waals surface area contributed by atoms with E-state index in [1.807, 2.05) is 0 Å². The Morgan fingerprint density at radius 3 is 2.21 bits per heavy atom. The summed E-state index contributed by atoms with van der Waals surface area (Å²) in [5.41, 5.74) is 0.889. The molecule has 0 atom stereocenters. The SMILES string of the molecule is O=C(NCC1(c2ccc(F)cc2)CC1)C(=O)NC1CCCCCC1. The van der Waals surface area contributed by atoms with Crippen LogP contribution in [0.25, 0.3) is 0 Å². The third-order valence-corrected chi connectivity index (χ3v) is 5.29. The largest absolute Gasteiger partial charge is 0.347 e. The van der Waals surface area contributed by atoms with E-state index in [-0.39, 0.29) is 17.3 Å². The minimum Gasteiger partial charge on any atom is -0.347 e. The minimum atomic E-state index is -0.562. The first-order valence-corrected chi connectivity index (χ1v) is 8.94. The number of rotatable bonds is 4. The number of benzene rings is 1. The molecule has 2 aliphatic rings. The fourth-order valence-corrected chi connectivity index (χ4v) is 3.53. The quantitative estimate of drug-likeness (QED) is 0.658. The molecule has 1 aromatic carbocycles. The van der Waals surface area contributed by atoms with Crippen LogP contribution in [-0.2, 0) is 15.0 Å². The molecule has 5 heteroatoms. The Morgan fingerprint density at radius 1 is 1.00 bits per heavy atom. The minimum absolute atomic E-state index is 0.123. The van der Waals surface area contributed by atoms with Gasteiger partial charge in [-0.1, -0.05) is 37.8 Å². The number of amides is 2. The monoisotopic (exact) mass is 332 g/mol. The molecule has 0 bridgehead atoms. The first kappa shape index (κ1) is 16.9. The lowest BCUT2D eigenvalue weighted by molar-refractivity contribution is -0.139. The lowest BCUT2D eigenvalue weighted by Crippen LogP contribution is -2.46. The lowest BCUT2D eigenvalue weighted by Gasteiger charge is -2.18. The van der Waals surface area contributed by atoms with Crippen molar-refractivity contribution in [1.82, 2.24) is 10.6 Å². The zero-order valence-electron chi connectivity index (χ0n) is 13.9. The third-order valence-electron chi connectivity index (χ3n) is 5.29. The van der Waals surface area contributed by atoms with Gasteiger partial charge in [0.05, 0.1) is 0 Å². The highest BCUT2D eigenvalue weighted by atomic mass is 19.1. The summed E-state index contributed by atoms with van der Waals surface area (Å²) in [4.78, 5) is 24.1. The molecule has 0 unspecified atom stereocenters. The fraction of sp³-hybridized carbons (Fsp3) is 0.579. The molecule has 2 amide bonds. The average molecular weight is 332 g/mol. The van der Waals surface area contributed by atoms with Gasteiger partial charge in [-0.3, -0.25) is 9.59 Å². The van der Waals surface area contributed by atoms with Crippen molar-refractivity contribution >= 4 is 11.8 Å². The Bertz CT molecular complexity index is 588. The predicted molar refractivity (Wildman–Crippen MR) is 90.0 cm³/mol. The van der Waals surface area contributed by atoms with Crippen molar-refractivity contribution in [3.05, 3.63) is 35.6 Å². The zero-order chi connectivity index (χ0) is 17.0. The summed E-state index contributed by atoms with van der Waals surface area (Å²) in [6, 6.07) is 6.53. The molecule has 130 valence electrons. The van der Waals surface area contributed by atoms with E-state index in [0.29, 0.717) is 6.54 Å². The molecule has 24 heavy (non-hydrogen) atoms. The molecule has 3 rings (SSSR count). The zero-order valence-corrected chi connectivity index (χ0v) is 13.9. The summed E-state index contributed by atoms with van der Waals surface area (Å²) in [6.07, 6.45) is 8.45. The van der Waals surface area contributed by atoms with Crippen molar-refractivity contribution in [3.63, 3.8) is 0 Å². The topological polar surface area (TPSA) is 58.2 Å². The fourth-order valence-electron chi connectivity index (χ4n) is 3.53. The summed E-state index contributed by atoms with van der Waals surface area (Å²) in [5.74, 6) is -1.36. The van der Waals surface area contributed by atoms with E-state index in [1.54, 1.807) is 12.1 Å². The molecule has 0 saturated heterocycles. The molecule has 2 saturated carbocycles. The van der Waals surface area contributed by atoms with Crippen LogP contribution in [0.1, 0.15) is 56.9 Å². The van der Waals surface area contributed by atoms with Gasteiger partial charge in [-0.05, 0) is 43.4 Å². The van der Waals surface area contributed by atoms with Crippen LogP contribution in [0.2, 0.25) is 0 Å². The molecule has 2 fully saturated rings. The second-order valence-electron chi connectivity index (χ2n) is 7.13. The van der Waals surface area contributed by atoms with E-state index in [1.165, 1.54) is 25.0 Å². The van der Waals surface area contributed by atoms with Gasteiger partial charge in [-0.25, -0.2) is 4.39 Å². The van der Waals surface area contributed by atoms with Crippen molar-refractivity contribution in [2.75, 3.05) is 6.54 Å². The molecule has 0 radical (unpaired) electrons. The van der Waals surface area contributed by atoms with Crippen LogP contribution in [0, 0.1) is 5.82 Å². The summed E-state index contributed by atoms with van der Waals surface area (Å²) < 4.78 is 13.0. The van der Waals surface area contributed by atoms with Crippen LogP contribution in [0.15, 0.2) is 24.3 Å². The van der Waals surface area contributed by atoms with Gasteiger partial charge in [0.25, 0.3) is 0 Å². The maximum atomic E-state index is 13.0. The highest BCUT2D eigenvalue weighted by Crippen LogP contribution is 2.47. The Labute approximate surface area is 142 Å². The normalized spacial score (nSPS) is 20.0. The van der Waals surface area contributed by atoms with Crippen molar-refractivity contribution in [1.29, 1.82) is 0 Å². The van der Waals surface area contributed by atoms with Crippen LogP contribution in [0.4, 0.5) is 4.39 Å². The maximum Gasteiger partial charge on any atom is 0.309 e. The van der Waals surface area contributed by atoms with Crippen LogP contribution < -0.4 is 10.6 Å². The predicted octanol–water partition coefficient (Wildman–Crippen LogP) is 2.81. The Morgan fingerprint density at radius 2 is 1.62 bits per heavy atom. The second kappa shape index (κ2) is 7.32. The molecular formula is C19H25FN2O2. The van der Waals surface area contributed by atoms with Crippen LogP contribution in [-0.4, -0.2) is 24.4 Å². The summed E-state index contributed by atoms with van der Waals surface area (Å²) >= 11 is 0. The third kappa shape index (κ3) is 4.13. The second-order valence-corrected chi connectivity index (χ2v) is 7.13. The Balaban J connectivity index is 1.49. The Kier molecular flexibility index (Phi) is 5.17. The van der Waals surface area contributed by atoms with E-state index in [2.05, 4.69) is 10.6 Å². The van der Waals surface area contributed by atoms with Crippen molar-refractivity contribution < 1.29 is 14.0 Å². The molecule has 0 spiro atoms. The van der Waals surface area contributed by atoms with E-state index in [9.17, 15) is 14.0 Å². The van der Waals surface area contributed by atoms with Crippen molar-refractivity contribution in [3.8, 4) is 0 Å². The van der Waals surface area contributed by atoms with Gasteiger partial charge in [0, 0.05) is 18.0 Å². The highest BCUT2D eigenvalue weighted by molar-refractivity contribution is 6.35. The van der Waals surface area contributed by atoms with E-state index in [0.717, 1.165) is 44.1 Å².